The molecule has 2 amide bonds. The van der Waals surface area contributed by atoms with Gasteiger partial charge in [0.15, 0.2) is 6.61 Å². The van der Waals surface area contributed by atoms with Crippen molar-refractivity contribution in [1.82, 2.24) is 4.90 Å². The van der Waals surface area contributed by atoms with Crippen LogP contribution in [-0.2, 0) is 4.79 Å². The highest BCUT2D eigenvalue weighted by Crippen LogP contribution is 2.19. The Balaban J connectivity index is 1.60. The minimum atomic E-state index is -0.434. The van der Waals surface area contributed by atoms with Crippen LogP contribution in [0.3, 0.4) is 0 Å². The molecule has 0 atom stereocenters. The van der Waals surface area contributed by atoms with E-state index in [9.17, 15) is 14.0 Å². The fourth-order valence-electron chi connectivity index (χ4n) is 2.71. The molecule has 3 rings (SSSR count). The lowest BCUT2D eigenvalue weighted by atomic mass is 10.2. The molecular weight excluding hydrogens is 450 g/mol. The lowest BCUT2D eigenvalue weighted by Gasteiger charge is -2.15. The first-order valence-corrected chi connectivity index (χ1v) is 9.38. The fraction of sp³-hybridized carbons (Fsp3) is 0.263. The van der Waals surface area contributed by atoms with Crippen molar-refractivity contribution in [3.05, 3.63) is 57.4 Å². The molecule has 1 aliphatic rings. The van der Waals surface area contributed by atoms with Crippen molar-refractivity contribution in [2.24, 2.45) is 0 Å². The average molecular weight is 468 g/mol. The molecule has 5 nitrogen and oxygen atoms in total. The summed E-state index contributed by atoms with van der Waals surface area (Å²) in [5.41, 5.74) is 0.749. The molecule has 2 aromatic carbocycles. The summed E-state index contributed by atoms with van der Waals surface area (Å²) in [4.78, 5) is 26.1. The summed E-state index contributed by atoms with van der Waals surface area (Å²) in [5, 5.41) is 2.70. The first kappa shape index (κ1) is 18.6. The number of carbonyl (C=O) groups excluding carboxylic acids is 2. The third kappa shape index (κ3) is 4.72. The summed E-state index contributed by atoms with van der Waals surface area (Å²) in [7, 11) is 0. The second-order valence-corrected chi connectivity index (χ2v) is 7.15. The lowest BCUT2D eigenvalue weighted by molar-refractivity contribution is -0.132. The molecule has 0 spiro atoms. The van der Waals surface area contributed by atoms with Crippen molar-refractivity contribution < 1.29 is 18.7 Å². The molecule has 0 unspecified atom stereocenters. The van der Waals surface area contributed by atoms with Gasteiger partial charge >= 0.3 is 0 Å². The number of rotatable bonds is 5. The van der Waals surface area contributed by atoms with E-state index in [0.29, 0.717) is 15.0 Å². The Labute approximate surface area is 164 Å². The summed E-state index contributed by atoms with van der Waals surface area (Å²) in [6.07, 6.45) is 2.07. The van der Waals surface area contributed by atoms with E-state index in [4.69, 9.17) is 4.74 Å². The number of nitrogens with zero attached hydrogens (tertiary/aromatic N) is 1. The molecular formula is C19H18FIN2O3. The second kappa shape index (κ2) is 8.48. The third-order valence-electron chi connectivity index (χ3n) is 4.09. The van der Waals surface area contributed by atoms with Crippen LogP contribution in [-0.4, -0.2) is 36.4 Å². The maximum atomic E-state index is 13.6. The highest BCUT2D eigenvalue weighted by atomic mass is 127. The molecule has 0 radical (unpaired) electrons. The van der Waals surface area contributed by atoms with E-state index in [0.717, 1.165) is 25.9 Å². The molecule has 1 aliphatic heterocycles. The number of nitrogens with one attached hydrogen (secondary N) is 1. The van der Waals surface area contributed by atoms with Gasteiger partial charge in [0.25, 0.3) is 11.8 Å². The lowest BCUT2D eigenvalue weighted by Crippen LogP contribution is -2.32. The number of benzene rings is 2. The monoisotopic (exact) mass is 468 g/mol. The Morgan fingerprint density at radius 2 is 1.92 bits per heavy atom. The van der Waals surface area contributed by atoms with Crippen molar-refractivity contribution in [3.8, 4) is 5.75 Å². The molecule has 2 aromatic rings. The van der Waals surface area contributed by atoms with Crippen LogP contribution in [0, 0.1) is 9.39 Å². The van der Waals surface area contributed by atoms with Gasteiger partial charge in [-0.15, -0.1) is 0 Å². The van der Waals surface area contributed by atoms with E-state index >= 15 is 0 Å². The van der Waals surface area contributed by atoms with Crippen molar-refractivity contribution in [1.29, 1.82) is 0 Å². The summed E-state index contributed by atoms with van der Waals surface area (Å²) in [5.74, 6) is -0.392. The Morgan fingerprint density at radius 3 is 2.65 bits per heavy atom. The van der Waals surface area contributed by atoms with Crippen LogP contribution in [0.2, 0.25) is 0 Å². The smallest absolute Gasteiger partial charge is 0.260 e. The maximum Gasteiger partial charge on any atom is 0.260 e. The minimum Gasteiger partial charge on any atom is -0.484 e. The predicted octanol–water partition coefficient (Wildman–Crippen LogP) is 3.68. The van der Waals surface area contributed by atoms with Crippen molar-refractivity contribution in [2.45, 2.75) is 12.8 Å². The predicted molar refractivity (Wildman–Crippen MR) is 105 cm³/mol. The number of hydrogen-bond acceptors (Lipinski definition) is 3. The summed E-state index contributed by atoms with van der Waals surface area (Å²) >= 11 is 1.87. The zero-order valence-corrected chi connectivity index (χ0v) is 16.2. The van der Waals surface area contributed by atoms with Gasteiger partial charge in [0, 0.05) is 34.0 Å². The maximum absolute atomic E-state index is 13.6. The second-order valence-electron chi connectivity index (χ2n) is 5.99. The van der Waals surface area contributed by atoms with Gasteiger partial charge in [-0.2, -0.15) is 0 Å². The SMILES string of the molecule is O=C(Nc1cccc(OCC(=O)N2CCCC2)c1)c1ccc(I)c(F)c1. The van der Waals surface area contributed by atoms with Crippen LogP contribution in [0.4, 0.5) is 10.1 Å². The topological polar surface area (TPSA) is 58.6 Å². The average Bonchev–Trinajstić information content (AvgIpc) is 3.17. The third-order valence-corrected chi connectivity index (χ3v) is 4.97. The zero-order chi connectivity index (χ0) is 18.5. The van der Waals surface area contributed by atoms with Crippen LogP contribution < -0.4 is 10.1 Å². The molecule has 1 saturated heterocycles. The van der Waals surface area contributed by atoms with Gasteiger partial charge in [-0.05, 0) is 65.8 Å². The van der Waals surface area contributed by atoms with Gasteiger partial charge in [-0.3, -0.25) is 9.59 Å². The molecule has 136 valence electrons. The number of halogens is 2. The van der Waals surface area contributed by atoms with E-state index in [1.807, 2.05) is 22.6 Å². The first-order valence-electron chi connectivity index (χ1n) is 8.30. The van der Waals surface area contributed by atoms with Crippen LogP contribution in [0.15, 0.2) is 42.5 Å². The van der Waals surface area contributed by atoms with E-state index in [1.54, 1.807) is 41.3 Å². The number of carbonyl (C=O) groups is 2. The van der Waals surface area contributed by atoms with E-state index in [2.05, 4.69) is 5.32 Å². The van der Waals surface area contributed by atoms with Gasteiger partial charge in [-0.25, -0.2) is 4.39 Å². The van der Waals surface area contributed by atoms with Crippen molar-refractivity contribution in [3.63, 3.8) is 0 Å². The fourth-order valence-corrected chi connectivity index (χ4v) is 3.04. The minimum absolute atomic E-state index is 0.0280. The van der Waals surface area contributed by atoms with Gasteiger partial charge in [0.2, 0.25) is 0 Å². The van der Waals surface area contributed by atoms with Crippen molar-refractivity contribution in [2.75, 3.05) is 25.0 Å². The molecule has 0 aliphatic carbocycles. The van der Waals surface area contributed by atoms with Gasteiger partial charge in [-0.1, -0.05) is 6.07 Å². The van der Waals surface area contributed by atoms with E-state index in [-0.39, 0.29) is 18.1 Å². The molecule has 1 N–H and O–H groups in total. The first-order chi connectivity index (χ1) is 12.5. The molecule has 1 heterocycles. The van der Waals surface area contributed by atoms with Crippen molar-refractivity contribution >= 4 is 40.1 Å². The summed E-state index contributed by atoms with van der Waals surface area (Å²) in [6.45, 7) is 1.54. The Morgan fingerprint density at radius 1 is 1.15 bits per heavy atom. The number of amides is 2. The van der Waals surface area contributed by atoms with Gasteiger partial charge < -0.3 is 15.0 Å². The number of hydrogen-bond donors (Lipinski definition) is 1. The van der Waals surface area contributed by atoms with E-state index < -0.39 is 11.7 Å². The number of likely N-dealkylation sites (tertiary alicyclic amines) is 1. The van der Waals surface area contributed by atoms with Gasteiger partial charge in [0.05, 0.1) is 0 Å². The molecule has 0 saturated carbocycles. The number of anilines is 1. The zero-order valence-electron chi connectivity index (χ0n) is 14.0. The molecule has 26 heavy (non-hydrogen) atoms. The molecule has 1 fully saturated rings. The highest BCUT2D eigenvalue weighted by Gasteiger charge is 2.18. The molecule has 7 heteroatoms. The van der Waals surface area contributed by atoms with Crippen LogP contribution >= 0.6 is 22.6 Å². The van der Waals surface area contributed by atoms with Gasteiger partial charge in [0.1, 0.15) is 11.6 Å². The summed E-state index contributed by atoms with van der Waals surface area (Å²) in [6, 6.07) is 11.1. The molecule has 0 bridgehead atoms. The Bertz CT molecular complexity index is 822. The Hall–Kier alpha value is -2.16. The van der Waals surface area contributed by atoms with Crippen LogP contribution in [0.1, 0.15) is 23.2 Å². The van der Waals surface area contributed by atoms with E-state index in [1.165, 1.54) is 6.07 Å². The largest absolute Gasteiger partial charge is 0.484 e. The van der Waals surface area contributed by atoms with Crippen LogP contribution in [0.25, 0.3) is 0 Å². The summed E-state index contributed by atoms with van der Waals surface area (Å²) < 4.78 is 19.6. The van der Waals surface area contributed by atoms with Crippen LogP contribution in [0.5, 0.6) is 5.75 Å². The number of ether oxygens (including phenoxy) is 1. The highest BCUT2D eigenvalue weighted by molar-refractivity contribution is 14.1. The standard InChI is InChI=1S/C19H18FIN2O3/c20-16-10-13(6-7-17(16)21)19(25)22-14-4-3-5-15(11-14)26-12-18(24)23-8-1-2-9-23/h3-7,10-11H,1-2,8-9,12H2,(H,22,25). The molecule has 0 aromatic heterocycles. The quantitative estimate of drug-likeness (QED) is 0.682. The normalized spacial score (nSPS) is 13.5. The Kier molecular flexibility index (Phi) is 6.08.